The van der Waals surface area contributed by atoms with Crippen molar-refractivity contribution in [2.45, 2.75) is 297 Å². The van der Waals surface area contributed by atoms with Gasteiger partial charge in [-0.25, -0.2) is 0 Å². The molecule has 0 fully saturated rings. The standard InChI is InChI=1S/C75H122O6/c1-4-7-10-13-16-19-22-25-28-31-34-35-36-37-38-39-42-44-47-50-53-56-59-62-65-68-74(77)80-71-72(81-75(78)69-66-63-60-57-54-51-48-45-41-33-30-27-24-21-18-15-12-9-6-3)70-79-73(76)67-64-61-58-55-52-49-46-43-40-32-29-26-23-20-17-14-11-8-5-2/h7,10,16-21,25-30,34-35,37-38,41-42,44-45,50,53,72H,4-6,8-9,11-15,22-24,31-33,36,39-40,43,46-49,51-52,54-71H2,1-3H3/b10-7-,19-16-,20-17-,21-18-,28-25-,29-26-,30-27-,35-34-,38-37-,44-42-,45-41-,53-50-. The maximum absolute atomic E-state index is 12.9. The van der Waals surface area contributed by atoms with Crippen LogP contribution >= 0.6 is 0 Å². The molecule has 0 aliphatic carbocycles. The molecule has 0 aromatic carbocycles. The molecule has 0 bridgehead atoms. The number of ether oxygens (including phenoxy) is 3. The van der Waals surface area contributed by atoms with Gasteiger partial charge in [0.05, 0.1) is 0 Å². The van der Waals surface area contributed by atoms with E-state index in [9.17, 15) is 14.4 Å². The summed E-state index contributed by atoms with van der Waals surface area (Å²) in [6.45, 7) is 6.44. The predicted molar refractivity (Wildman–Crippen MR) is 352 cm³/mol. The van der Waals surface area contributed by atoms with Crippen molar-refractivity contribution in [3.63, 3.8) is 0 Å². The topological polar surface area (TPSA) is 78.9 Å². The van der Waals surface area contributed by atoms with Crippen molar-refractivity contribution >= 4 is 17.9 Å². The van der Waals surface area contributed by atoms with Crippen LogP contribution in [-0.4, -0.2) is 37.2 Å². The SMILES string of the molecule is CC/C=C\C/C=C\C/C=C\C/C=C\C/C=C\C/C=C\C/C=C\CCCCCC(=O)OCC(COC(=O)CCCCCCCCCCC/C=C\C/C=C\CCCCC)OC(=O)CCCCCCCC/C=C\C/C=C\C/C=C\CCCCC. The number of carbonyl (C=O) groups excluding carboxylic acids is 3. The van der Waals surface area contributed by atoms with Gasteiger partial charge in [-0.1, -0.05) is 269 Å². The molecular formula is C75H122O6. The van der Waals surface area contributed by atoms with E-state index in [2.05, 4.69) is 167 Å². The van der Waals surface area contributed by atoms with Crippen LogP contribution in [-0.2, 0) is 28.6 Å². The molecule has 1 unspecified atom stereocenters. The van der Waals surface area contributed by atoms with E-state index in [1.54, 1.807) is 0 Å². The Morgan fingerprint density at radius 3 is 0.765 bits per heavy atom. The molecule has 0 aromatic heterocycles. The van der Waals surface area contributed by atoms with Crippen LogP contribution in [0.5, 0.6) is 0 Å². The van der Waals surface area contributed by atoms with E-state index in [0.717, 1.165) is 141 Å². The fourth-order valence-electron chi connectivity index (χ4n) is 8.81. The molecule has 0 aromatic rings. The lowest BCUT2D eigenvalue weighted by molar-refractivity contribution is -0.167. The third-order valence-electron chi connectivity index (χ3n) is 13.8. The monoisotopic (exact) mass is 1120 g/mol. The number of carbonyl (C=O) groups is 3. The number of hydrogen-bond acceptors (Lipinski definition) is 6. The number of hydrogen-bond donors (Lipinski definition) is 0. The molecule has 0 radical (unpaired) electrons. The molecule has 81 heavy (non-hydrogen) atoms. The van der Waals surface area contributed by atoms with E-state index < -0.39 is 6.10 Å². The van der Waals surface area contributed by atoms with Crippen LogP contribution in [0.4, 0.5) is 0 Å². The Hall–Kier alpha value is -4.71. The Labute approximate surface area is 499 Å². The number of unbranched alkanes of at least 4 members (excludes halogenated alkanes) is 24. The van der Waals surface area contributed by atoms with Crippen molar-refractivity contribution in [2.75, 3.05) is 13.2 Å². The van der Waals surface area contributed by atoms with Gasteiger partial charge in [-0.15, -0.1) is 0 Å². The van der Waals surface area contributed by atoms with E-state index in [1.165, 1.54) is 109 Å². The van der Waals surface area contributed by atoms with Crippen LogP contribution < -0.4 is 0 Å². The largest absolute Gasteiger partial charge is 0.462 e. The van der Waals surface area contributed by atoms with Crippen molar-refractivity contribution in [1.82, 2.24) is 0 Å². The fraction of sp³-hybridized carbons (Fsp3) is 0.640. The summed E-state index contributed by atoms with van der Waals surface area (Å²) in [5.41, 5.74) is 0. The molecular weight excluding hydrogens is 997 g/mol. The lowest BCUT2D eigenvalue weighted by atomic mass is 10.1. The zero-order chi connectivity index (χ0) is 58.5. The first-order valence-electron chi connectivity index (χ1n) is 33.3. The molecule has 0 aliphatic heterocycles. The molecule has 0 amide bonds. The molecule has 0 saturated carbocycles. The average molecular weight is 1120 g/mol. The highest BCUT2D eigenvalue weighted by Crippen LogP contribution is 2.15. The molecule has 0 aliphatic rings. The quantitative estimate of drug-likeness (QED) is 0.0261. The zero-order valence-electron chi connectivity index (χ0n) is 52.5. The van der Waals surface area contributed by atoms with Crippen LogP contribution in [0.2, 0.25) is 0 Å². The highest BCUT2D eigenvalue weighted by Gasteiger charge is 2.19. The Bertz CT molecular complexity index is 1760. The van der Waals surface area contributed by atoms with Gasteiger partial charge in [-0.2, -0.15) is 0 Å². The summed E-state index contributed by atoms with van der Waals surface area (Å²) in [5.74, 6) is -0.950. The summed E-state index contributed by atoms with van der Waals surface area (Å²) in [4.78, 5) is 38.4. The second-order valence-corrected chi connectivity index (χ2v) is 21.6. The fourth-order valence-corrected chi connectivity index (χ4v) is 8.81. The number of rotatable bonds is 59. The average Bonchev–Trinajstić information content (AvgIpc) is 3.47. The molecule has 1 atom stereocenters. The van der Waals surface area contributed by atoms with Gasteiger partial charge in [0.15, 0.2) is 6.10 Å². The van der Waals surface area contributed by atoms with E-state index >= 15 is 0 Å². The summed E-state index contributed by atoms with van der Waals surface area (Å²) in [6.07, 6.45) is 97.0. The van der Waals surface area contributed by atoms with Gasteiger partial charge in [0.25, 0.3) is 0 Å². The van der Waals surface area contributed by atoms with Crippen molar-refractivity contribution in [2.24, 2.45) is 0 Å². The van der Waals surface area contributed by atoms with Crippen molar-refractivity contribution in [1.29, 1.82) is 0 Å². The van der Waals surface area contributed by atoms with Gasteiger partial charge in [0.2, 0.25) is 0 Å². The van der Waals surface area contributed by atoms with Gasteiger partial charge in [0.1, 0.15) is 13.2 Å². The minimum absolute atomic E-state index is 0.101. The zero-order valence-corrected chi connectivity index (χ0v) is 52.5. The van der Waals surface area contributed by atoms with Gasteiger partial charge in [0, 0.05) is 19.3 Å². The minimum atomic E-state index is -0.810. The van der Waals surface area contributed by atoms with Crippen molar-refractivity contribution < 1.29 is 28.6 Å². The summed E-state index contributed by atoms with van der Waals surface area (Å²) in [5, 5.41) is 0. The van der Waals surface area contributed by atoms with Crippen molar-refractivity contribution in [3.8, 4) is 0 Å². The molecule has 0 N–H and O–H groups in total. The highest BCUT2D eigenvalue weighted by atomic mass is 16.6. The molecule has 0 heterocycles. The van der Waals surface area contributed by atoms with Crippen molar-refractivity contribution in [3.05, 3.63) is 146 Å². The second-order valence-electron chi connectivity index (χ2n) is 21.6. The Morgan fingerprint density at radius 1 is 0.259 bits per heavy atom. The van der Waals surface area contributed by atoms with Crippen LogP contribution in [0.1, 0.15) is 290 Å². The van der Waals surface area contributed by atoms with Crippen LogP contribution in [0.3, 0.4) is 0 Å². The first-order chi connectivity index (χ1) is 40.0. The van der Waals surface area contributed by atoms with Gasteiger partial charge >= 0.3 is 17.9 Å². The first-order valence-corrected chi connectivity index (χ1v) is 33.3. The molecule has 458 valence electrons. The van der Waals surface area contributed by atoms with Gasteiger partial charge < -0.3 is 14.2 Å². The third kappa shape index (κ3) is 66.0. The highest BCUT2D eigenvalue weighted by molar-refractivity contribution is 5.71. The first kappa shape index (κ1) is 76.3. The molecule has 6 nitrogen and oxygen atoms in total. The van der Waals surface area contributed by atoms with E-state index in [4.69, 9.17) is 14.2 Å². The van der Waals surface area contributed by atoms with Crippen LogP contribution in [0.25, 0.3) is 0 Å². The van der Waals surface area contributed by atoms with E-state index in [0.29, 0.717) is 19.3 Å². The van der Waals surface area contributed by atoms with Gasteiger partial charge in [-0.05, 0) is 148 Å². The van der Waals surface area contributed by atoms with Gasteiger partial charge in [-0.3, -0.25) is 14.4 Å². The molecule has 6 heteroatoms. The Kier molecular flexibility index (Phi) is 63.9. The number of esters is 3. The summed E-state index contributed by atoms with van der Waals surface area (Å²) in [6, 6.07) is 0. The minimum Gasteiger partial charge on any atom is -0.462 e. The molecule has 0 rings (SSSR count). The third-order valence-corrected chi connectivity index (χ3v) is 13.8. The van der Waals surface area contributed by atoms with Crippen LogP contribution in [0.15, 0.2) is 146 Å². The predicted octanol–water partition coefficient (Wildman–Crippen LogP) is 23.1. The summed E-state index contributed by atoms with van der Waals surface area (Å²) < 4.78 is 16.9. The maximum Gasteiger partial charge on any atom is 0.306 e. The lowest BCUT2D eigenvalue weighted by Gasteiger charge is -2.18. The maximum atomic E-state index is 12.9. The summed E-state index contributed by atoms with van der Waals surface area (Å²) in [7, 11) is 0. The summed E-state index contributed by atoms with van der Waals surface area (Å²) >= 11 is 0. The Morgan fingerprint density at radius 2 is 0.481 bits per heavy atom. The van der Waals surface area contributed by atoms with Crippen LogP contribution in [0, 0.1) is 0 Å². The molecule has 0 spiro atoms. The van der Waals surface area contributed by atoms with E-state index in [-0.39, 0.29) is 31.1 Å². The smallest absolute Gasteiger partial charge is 0.306 e. The molecule has 0 saturated heterocycles. The lowest BCUT2D eigenvalue weighted by Crippen LogP contribution is -2.30. The normalized spacial score (nSPS) is 13.1. The Balaban J connectivity index is 4.50. The number of allylic oxidation sites excluding steroid dienone is 24. The van der Waals surface area contributed by atoms with E-state index in [1.807, 2.05) is 0 Å². The second kappa shape index (κ2) is 67.8.